The molecule has 0 N–H and O–H groups in total. The zero-order valence-corrected chi connectivity index (χ0v) is 11.1. The van der Waals surface area contributed by atoms with E-state index in [1.54, 1.807) is 12.4 Å². The molecule has 1 aliphatic heterocycles. The lowest BCUT2D eigenvalue weighted by Gasteiger charge is -2.21. The molecule has 0 radical (unpaired) electrons. The summed E-state index contributed by atoms with van der Waals surface area (Å²) in [5.74, 6) is 1.38. The van der Waals surface area contributed by atoms with Crippen molar-refractivity contribution in [3.05, 3.63) is 30.4 Å². The summed E-state index contributed by atoms with van der Waals surface area (Å²) in [5, 5.41) is 4.09. The van der Waals surface area contributed by atoms with Crippen LogP contribution in [0.2, 0.25) is 0 Å². The summed E-state index contributed by atoms with van der Waals surface area (Å²) in [4.78, 5) is 10.9. The van der Waals surface area contributed by atoms with E-state index in [2.05, 4.69) is 27.1 Å². The van der Waals surface area contributed by atoms with Crippen LogP contribution in [0.15, 0.2) is 29.0 Å². The van der Waals surface area contributed by atoms with Crippen molar-refractivity contribution in [3.8, 4) is 11.4 Å². The van der Waals surface area contributed by atoms with Gasteiger partial charge in [0.15, 0.2) is 0 Å². The van der Waals surface area contributed by atoms with Crippen LogP contribution in [0.3, 0.4) is 0 Å². The lowest BCUT2D eigenvalue weighted by atomic mass is 10.1. The van der Waals surface area contributed by atoms with Crippen molar-refractivity contribution in [2.45, 2.75) is 31.7 Å². The van der Waals surface area contributed by atoms with Gasteiger partial charge in [-0.15, -0.1) is 0 Å². The summed E-state index contributed by atoms with van der Waals surface area (Å²) < 4.78 is 5.46. The Bertz CT molecular complexity index is 525. The molecule has 100 valence electrons. The Morgan fingerprint density at radius 1 is 1.21 bits per heavy atom. The maximum Gasteiger partial charge on any atom is 0.244 e. The second-order valence-electron chi connectivity index (χ2n) is 5.04. The number of hydrogen-bond donors (Lipinski definition) is 0. The van der Waals surface area contributed by atoms with Crippen LogP contribution in [0, 0.1) is 0 Å². The smallest absolute Gasteiger partial charge is 0.244 e. The maximum absolute atomic E-state index is 5.46. The monoisotopic (exact) mass is 258 g/mol. The van der Waals surface area contributed by atoms with Crippen molar-refractivity contribution in [2.75, 3.05) is 13.6 Å². The Labute approximate surface area is 112 Å². The normalized spacial score (nSPS) is 21.2. The zero-order valence-electron chi connectivity index (χ0n) is 11.1. The molecule has 0 saturated carbocycles. The number of pyridine rings is 1. The molecule has 1 aliphatic rings. The van der Waals surface area contributed by atoms with Crippen LogP contribution in [-0.4, -0.2) is 33.6 Å². The molecule has 1 atom stereocenters. The van der Waals surface area contributed by atoms with Crippen molar-refractivity contribution in [1.82, 2.24) is 20.0 Å². The van der Waals surface area contributed by atoms with Crippen LogP contribution in [-0.2, 0) is 0 Å². The minimum Gasteiger partial charge on any atom is -0.337 e. The SMILES string of the molecule is CN1CCCCC[C@H]1c1nc(-c2ccncc2)no1. The van der Waals surface area contributed by atoms with Gasteiger partial charge in [-0.2, -0.15) is 4.98 Å². The first-order valence-corrected chi connectivity index (χ1v) is 6.79. The van der Waals surface area contributed by atoms with Crippen molar-refractivity contribution in [3.63, 3.8) is 0 Å². The van der Waals surface area contributed by atoms with Crippen LogP contribution in [0.25, 0.3) is 11.4 Å². The van der Waals surface area contributed by atoms with Gasteiger partial charge in [-0.1, -0.05) is 18.0 Å². The highest BCUT2D eigenvalue weighted by molar-refractivity contribution is 5.52. The van der Waals surface area contributed by atoms with E-state index in [1.165, 1.54) is 19.3 Å². The van der Waals surface area contributed by atoms with Crippen LogP contribution >= 0.6 is 0 Å². The summed E-state index contributed by atoms with van der Waals surface area (Å²) in [7, 11) is 2.13. The fourth-order valence-electron chi connectivity index (χ4n) is 2.55. The minimum absolute atomic E-state index is 0.255. The second-order valence-corrected chi connectivity index (χ2v) is 5.04. The fourth-order valence-corrected chi connectivity index (χ4v) is 2.55. The highest BCUT2D eigenvalue weighted by Crippen LogP contribution is 2.28. The molecule has 0 spiro atoms. The van der Waals surface area contributed by atoms with Gasteiger partial charge in [-0.25, -0.2) is 0 Å². The molecule has 0 aromatic carbocycles. The summed E-state index contributed by atoms with van der Waals surface area (Å²) in [6, 6.07) is 4.04. The third-order valence-electron chi connectivity index (χ3n) is 3.69. The van der Waals surface area contributed by atoms with Gasteiger partial charge in [-0.05, 0) is 38.6 Å². The molecule has 0 amide bonds. The van der Waals surface area contributed by atoms with Crippen LogP contribution in [0.5, 0.6) is 0 Å². The molecule has 0 aliphatic carbocycles. The van der Waals surface area contributed by atoms with Gasteiger partial charge in [0.05, 0.1) is 6.04 Å². The molecule has 5 nitrogen and oxygen atoms in total. The number of hydrogen-bond acceptors (Lipinski definition) is 5. The highest BCUT2D eigenvalue weighted by atomic mass is 16.5. The average Bonchev–Trinajstić information content (AvgIpc) is 2.83. The number of aromatic nitrogens is 3. The largest absolute Gasteiger partial charge is 0.337 e. The van der Waals surface area contributed by atoms with Gasteiger partial charge in [0.2, 0.25) is 11.7 Å². The Morgan fingerprint density at radius 2 is 2.05 bits per heavy atom. The van der Waals surface area contributed by atoms with Gasteiger partial charge in [0.1, 0.15) is 0 Å². The van der Waals surface area contributed by atoms with Crippen molar-refractivity contribution >= 4 is 0 Å². The summed E-state index contributed by atoms with van der Waals surface area (Å²) >= 11 is 0. The van der Waals surface area contributed by atoms with E-state index >= 15 is 0 Å². The molecule has 3 rings (SSSR count). The third-order valence-corrected chi connectivity index (χ3v) is 3.69. The molecule has 1 fully saturated rings. The first-order valence-electron chi connectivity index (χ1n) is 6.79. The Balaban J connectivity index is 1.84. The first kappa shape index (κ1) is 12.3. The summed E-state index contributed by atoms with van der Waals surface area (Å²) in [6.07, 6.45) is 8.33. The van der Waals surface area contributed by atoms with Crippen molar-refractivity contribution in [2.24, 2.45) is 0 Å². The molecule has 5 heteroatoms. The molecule has 1 saturated heterocycles. The van der Waals surface area contributed by atoms with Gasteiger partial charge < -0.3 is 4.52 Å². The van der Waals surface area contributed by atoms with Gasteiger partial charge in [0.25, 0.3) is 0 Å². The van der Waals surface area contributed by atoms with Crippen LogP contribution in [0.1, 0.15) is 37.6 Å². The summed E-state index contributed by atoms with van der Waals surface area (Å²) in [6.45, 7) is 1.09. The summed E-state index contributed by atoms with van der Waals surface area (Å²) in [5.41, 5.74) is 0.946. The predicted octanol–water partition coefficient (Wildman–Crippen LogP) is 2.68. The molecule has 0 bridgehead atoms. The molecule has 2 aromatic rings. The van der Waals surface area contributed by atoms with Gasteiger partial charge in [-0.3, -0.25) is 9.88 Å². The topological polar surface area (TPSA) is 55.1 Å². The Hall–Kier alpha value is -1.75. The zero-order chi connectivity index (χ0) is 13.1. The molecule has 0 unspecified atom stereocenters. The lowest BCUT2D eigenvalue weighted by Crippen LogP contribution is -2.24. The van der Waals surface area contributed by atoms with E-state index in [1.807, 2.05) is 12.1 Å². The lowest BCUT2D eigenvalue weighted by molar-refractivity contribution is 0.198. The van der Waals surface area contributed by atoms with E-state index in [-0.39, 0.29) is 6.04 Å². The molecular formula is C14H18N4O. The Kier molecular flexibility index (Phi) is 3.55. The quantitative estimate of drug-likeness (QED) is 0.829. The predicted molar refractivity (Wildman–Crippen MR) is 71.4 cm³/mol. The standard InChI is InChI=1S/C14H18N4O/c1-18-10-4-2-3-5-12(18)14-16-13(17-19-14)11-6-8-15-9-7-11/h6-9,12H,2-5,10H2,1H3/t12-/m0/s1. The highest BCUT2D eigenvalue weighted by Gasteiger charge is 2.25. The first-order chi connectivity index (χ1) is 9.34. The van der Waals surface area contributed by atoms with Crippen molar-refractivity contribution in [1.29, 1.82) is 0 Å². The number of rotatable bonds is 2. The van der Waals surface area contributed by atoms with Gasteiger partial charge in [0, 0.05) is 18.0 Å². The second kappa shape index (κ2) is 5.48. The number of likely N-dealkylation sites (tertiary alicyclic amines) is 1. The van der Waals surface area contributed by atoms with E-state index in [0.29, 0.717) is 5.82 Å². The van der Waals surface area contributed by atoms with Crippen LogP contribution < -0.4 is 0 Å². The van der Waals surface area contributed by atoms with Gasteiger partial charge >= 0.3 is 0 Å². The average molecular weight is 258 g/mol. The van der Waals surface area contributed by atoms with Crippen LogP contribution in [0.4, 0.5) is 0 Å². The molecule has 2 aromatic heterocycles. The van der Waals surface area contributed by atoms with E-state index in [4.69, 9.17) is 4.52 Å². The molecule has 19 heavy (non-hydrogen) atoms. The maximum atomic E-state index is 5.46. The third kappa shape index (κ3) is 2.66. The minimum atomic E-state index is 0.255. The molecular weight excluding hydrogens is 240 g/mol. The van der Waals surface area contributed by atoms with Crippen molar-refractivity contribution < 1.29 is 4.52 Å². The van der Waals surface area contributed by atoms with E-state index in [0.717, 1.165) is 24.4 Å². The van der Waals surface area contributed by atoms with E-state index < -0.39 is 0 Å². The fraction of sp³-hybridized carbons (Fsp3) is 0.500. The molecule has 3 heterocycles. The number of nitrogens with zero attached hydrogens (tertiary/aromatic N) is 4. The Morgan fingerprint density at radius 3 is 2.89 bits per heavy atom. The van der Waals surface area contributed by atoms with E-state index in [9.17, 15) is 0 Å².